The number of ether oxygens (including phenoxy) is 1. The van der Waals surface area contributed by atoms with Crippen molar-refractivity contribution < 1.29 is 14.3 Å². The molecule has 0 radical (unpaired) electrons. The Balaban J connectivity index is 1.55. The lowest BCUT2D eigenvalue weighted by Gasteiger charge is -2.16. The molecule has 1 aromatic carbocycles. The van der Waals surface area contributed by atoms with Gasteiger partial charge in [-0.1, -0.05) is 0 Å². The number of carbonyl (C=O) groups is 2. The first-order chi connectivity index (χ1) is 11.5. The number of benzene rings is 1. The molecule has 1 aromatic heterocycles. The summed E-state index contributed by atoms with van der Waals surface area (Å²) in [4.78, 5) is 25.6. The molecule has 2 aromatic rings. The second-order valence-corrected chi connectivity index (χ2v) is 6.10. The number of hydrogen-bond acceptors (Lipinski definition) is 3. The third-order valence-electron chi connectivity index (χ3n) is 4.05. The van der Waals surface area contributed by atoms with Gasteiger partial charge in [-0.25, -0.2) is 4.79 Å². The highest BCUT2D eigenvalue weighted by molar-refractivity contribution is 5.94. The van der Waals surface area contributed by atoms with Crippen molar-refractivity contribution in [3.63, 3.8) is 0 Å². The minimum absolute atomic E-state index is 0.0967. The SMILES string of the molecule is CC(C)N1CC(CNC(=O)c2ccc(-n3cccc3)cc2)OC1=O. The third-order valence-corrected chi connectivity index (χ3v) is 4.05. The number of amides is 2. The number of hydrogen-bond donors (Lipinski definition) is 1. The molecule has 2 amide bonds. The predicted molar refractivity (Wildman–Crippen MR) is 90.2 cm³/mol. The lowest BCUT2D eigenvalue weighted by molar-refractivity contribution is 0.0914. The first-order valence-corrected chi connectivity index (χ1v) is 8.03. The fraction of sp³-hybridized carbons (Fsp3) is 0.333. The summed E-state index contributed by atoms with van der Waals surface area (Å²) in [5.41, 5.74) is 1.57. The molecule has 24 heavy (non-hydrogen) atoms. The van der Waals surface area contributed by atoms with Crippen LogP contribution in [-0.2, 0) is 4.74 Å². The number of rotatable bonds is 5. The van der Waals surface area contributed by atoms with Crippen LogP contribution in [0.15, 0.2) is 48.8 Å². The largest absolute Gasteiger partial charge is 0.442 e. The van der Waals surface area contributed by atoms with E-state index in [4.69, 9.17) is 4.74 Å². The summed E-state index contributed by atoms with van der Waals surface area (Å²) in [7, 11) is 0. The first kappa shape index (κ1) is 16.1. The van der Waals surface area contributed by atoms with Crippen LogP contribution >= 0.6 is 0 Å². The van der Waals surface area contributed by atoms with E-state index < -0.39 is 0 Å². The lowest BCUT2D eigenvalue weighted by atomic mass is 10.2. The van der Waals surface area contributed by atoms with Crippen molar-refractivity contribution in [3.8, 4) is 5.69 Å². The Morgan fingerprint density at radius 3 is 2.50 bits per heavy atom. The fourth-order valence-corrected chi connectivity index (χ4v) is 2.67. The Kier molecular flexibility index (Phi) is 4.55. The highest BCUT2D eigenvalue weighted by Crippen LogP contribution is 2.14. The van der Waals surface area contributed by atoms with Gasteiger partial charge in [0, 0.05) is 29.7 Å². The molecule has 126 valence electrons. The number of aromatic nitrogens is 1. The number of carbonyl (C=O) groups excluding carboxylic acids is 2. The van der Waals surface area contributed by atoms with Crippen molar-refractivity contribution in [3.05, 3.63) is 54.4 Å². The summed E-state index contributed by atoms with van der Waals surface area (Å²) in [5, 5.41) is 2.83. The van der Waals surface area contributed by atoms with Crippen LogP contribution in [0.1, 0.15) is 24.2 Å². The highest BCUT2D eigenvalue weighted by Gasteiger charge is 2.32. The zero-order valence-electron chi connectivity index (χ0n) is 13.8. The first-order valence-electron chi connectivity index (χ1n) is 8.03. The standard InChI is InChI=1S/C18H21N3O3/c1-13(2)21-12-16(24-18(21)23)11-19-17(22)14-5-7-15(8-6-14)20-9-3-4-10-20/h3-10,13,16H,11-12H2,1-2H3,(H,19,22). The Bertz CT molecular complexity index is 708. The molecule has 1 aliphatic heterocycles. The van der Waals surface area contributed by atoms with Gasteiger partial charge in [0.05, 0.1) is 13.1 Å². The van der Waals surface area contributed by atoms with Crippen LogP contribution in [-0.4, -0.2) is 46.7 Å². The molecule has 0 bridgehead atoms. The molecule has 0 aliphatic carbocycles. The Morgan fingerprint density at radius 2 is 1.92 bits per heavy atom. The predicted octanol–water partition coefficient (Wildman–Crippen LogP) is 2.44. The van der Waals surface area contributed by atoms with Gasteiger partial charge in [-0.2, -0.15) is 0 Å². The van der Waals surface area contributed by atoms with Crippen LogP contribution in [0.3, 0.4) is 0 Å². The van der Waals surface area contributed by atoms with Gasteiger partial charge in [0.15, 0.2) is 0 Å². The van der Waals surface area contributed by atoms with Gasteiger partial charge >= 0.3 is 6.09 Å². The summed E-state index contributed by atoms with van der Waals surface area (Å²) in [5.74, 6) is -0.173. The van der Waals surface area contributed by atoms with Crippen LogP contribution in [0.2, 0.25) is 0 Å². The summed E-state index contributed by atoms with van der Waals surface area (Å²) >= 11 is 0. The monoisotopic (exact) mass is 327 g/mol. The van der Waals surface area contributed by atoms with Crippen molar-refractivity contribution >= 4 is 12.0 Å². The van der Waals surface area contributed by atoms with Crippen molar-refractivity contribution in [2.45, 2.75) is 26.0 Å². The Hall–Kier alpha value is -2.76. The third kappa shape index (κ3) is 3.42. The zero-order chi connectivity index (χ0) is 17.1. The summed E-state index contributed by atoms with van der Waals surface area (Å²) < 4.78 is 7.23. The molecule has 1 atom stereocenters. The maximum Gasteiger partial charge on any atom is 0.410 e. The van der Waals surface area contributed by atoms with E-state index in [1.807, 2.05) is 55.1 Å². The average Bonchev–Trinajstić information content (AvgIpc) is 3.22. The van der Waals surface area contributed by atoms with Crippen LogP contribution in [0.4, 0.5) is 4.79 Å². The molecule has 1 N–H and O–H groups in total. The van der Waals surface area contributed by atoms with E-state index in [0.717, 1.165) is 5.69 Å². The Labute approximate surface area is 141 Å². The second kappa shape index (κ2) is 6.78. The smallest absolute Gasteiger partial charge is 0.410 e. The average molecular weight is 327 g/mol. The summed E-state index contributed by atoms with van der Waals surface area (Å²) in [6.07, 6.45) is 3.27. The van der Waals surface area contributed by atoms with Crippen LogP contribution < -0.4 is 5.32 Å². The molecule has 1 fully saturated rings. The Morgan fingerprint density at radius 1 is 1.25 bits per heavy atom. The van der Waals surface area contributed by atoms with Crippen LogP contribution in [0.25, 0.3) is 5.69 Å². The van der Waals surface area contributed by atoms with Gasteiger partial charge in [-0.15, -0.1) is 0 Å². The molecule has 0 spiro atoms. The van der Waals surface area contributed by atoms with Gasteiger partial charge in [0.2, 0.25) is 0 Å². The van der Waals surface area contributed by atoms with E-state index in [-0.39, 0.29) is 24.1 Å². The second-order valence-electron chi connectivity index (χ2n) is 6.10. The van der Waals surface area contributed by atoms with E-state index in [2.05, 4.69) is 5.32 Å². The van der Waals surface area contributed by atoms with Crippen molar-refractivity contribution in [1.82, 2.24) is 14.8 Å². The van der Waals surface area contributed by atoms with E-state index in [9.17, 15) is 9.59 Å². The topological polar surface area (TPSA) is 63.6 Å². The maximum absolute atomic E-state index is 12.2. The van der Waals surface area contributed by atoms with Crippen molar-refractivity contribution in [2.24, 2.45) is 0 Å². The van der Waals surface area contributed by atoms with Crippen molar-refractivity contribution in [2.75, 3.05) is 13.1 Å². The van der Waals surface area contributed by atoms with Gasteiger partial charge < -0.3 is 19.5 Å². The quantitative estimate of drug-likeness (QED) is 0.917. The molecule has 6 heteroatoms. The van der Waals surface area contributed by atoms with Gasteiger partial charge in [-0.05, 0) is 50.2 Å². The van der Waals surface area contributed by atoms with Crippen molar-refractivity contribution in [1.29, 1.82) is 0 Å². The van der Waals surface area contributed by atoms with Gasteiger partial charge in [-0.3, -0.25) is 4.79 Å². The van der Waals surface area contributed by atoms with E-state index in [1.165, 1.54) is 0 Å². The molecule has 1 unspecified atom stereocenters. The molecule has 3 rings (SSSR count). The molecular weight excluding hydrogens is 306 g/mol. The van der Waals surface area contributed by atoms with Crippen LogP contribution in [0, 0.1) is 0 Å². The van der Waals surface area contributed by atoms with E-state index >= 15 is 0 Å². The lowest BCUT2D eigenvalue weighted by Crippen LogP contribution is -2.36. The van der Waals surface area contributed by atoms with Gasteiger partial charge in [0.1, 0.15) is 6.10 Å². The minimum Gasteiger partial charge on any atom is -0.442 e. The molecule has 6 nitrogen and oxygen atoms in total. The summed E-state index contributed by atoms with van der Waals surface area (Å²) in [6.45, 7) is 4.69. The molecule has 0 saturated carbocycles. The molecule has 2 heterocycles. The number of nitrogens with zero attached hydrogens (tertiary/aromatic N) is 2. The van der Waals surface area contributed by atoms with E-state index in [1.54, 1.807) is 17.0 Å². The number of nitrogens with one attached hydrogen (secondary N) is 1. The zero-order valence-corrected chi connectivity index (χ0v) is 13.8. The minimum atomic E-state index is -0.319. The molecule has 1 saturated heterocycles. The molecular formula is C18H21N3O3. The number of cyclic esters (lactones) is 1. The van der Waals surface area contributed by atoms with Crippen LogP contribution in [0.5, 0.6) is 0 Å². The van der Waals surface area contributed by atoms with Gasteiger partial charge in [0.25, 0.3) is 5.91 Å². The normalized spacial score (nSPS) is 17.2. The van der Waals surface area contributed by atoms with E-state index in [0.29, 0.717) is 18.7 Å². The highest BCUT2D eigenvalue weighted by atomic mass is 16.6. The maximum atomic E-state index is 12.2. The molecule has 1 aliphatic rings. The summed E-state index contributed by atoms with van der Waals surface area (Å²) in [6, 6.07) is 11.3. The fourth-order valence-electron chi connectivity index (χ4n) is 2.67.